The smallest absolute Gasteiger partial charge is 0.407 e. The zero-order chi connectivity index (χ0) is 23.3. The number of hydrogen-bond acceptors (Lipinski definition) is 4. The molecule has 0 saturated carbocycles. The Hall–Kier alpha value is -3.49. The summed E-state index contributed by atoms with van der Waals surface area (Å²) in [6.45, 7) is 1.48. The van der Waals surface area contributed by atoms with Gasteiger partial charge in [0.15, 0.2) is 0 Å². The molecule has 7 nitrogen and oxygen atoms in total. The minimum Gasteiger partial charge on any atom is -0.480 e. The van der Waals surface area contributed by atoms with E-state index in [1.54, 1.807) is 0 Å². The van der Waals surface area contributed by atoms with Crippen molar-refractivity contribution in [3.63, 3.8) is 0 Å². The number of ether oxygens (including phenoxy) is 1. The van der Waals surface area contributed by atoms with Crippen LogP contribution in [-0.2, 0) is 14.3 Å². The second-order valence-corrected chi connectivity index (χ2v) is 7.46. The van der Waals surface area contributed by atoms with E-state index >= 15 is 0 Å². The van der Waals surface area contributed by atoms with Crippen molar-refractivity contribution in [1.29, 1.82) is 0 Å². The highest BCUT2D eigenvalue weighted by molar-refractivity contribution is 5.89. The van der Waals surface area contributed by atoms with Gasteiger partial charge in [-0.2, -0.15) is 0 Å². The van der Waals surface area contributed by atoms with E-state index in [-0.39, 0.29) is 18.9 Å². The zero-order valence-electron chi connectivity index (χ0n) is 17.4. The van der Waals surface area contributed by atoms with E-state index in [1.807, 2.05) is 48.5 Å². The molecule has 9 heteroatoms. The molecular formula is C23H24F2N2O5. The van der Waals surface area contributed by atoms with Crippen LogP contribution in [0.4, 0.5) is 13.6 Å². The maximum Gasteiger partial charge on any atom is 0.407 e. The van der Waals surface area contributed by atoms with Gasteiger partial charge in [-0.05, 0) is 28.7 Å². The third-order valence-corrected chi connectivity index (χ3v) is 5.39. The molecule has 1 aliphatic rings. The first-order chi connectivity index (χ1) is 15.3. The van der Waals surface area contributed by atoms with Gasteiger partial charge in [0.1, 0.15) is 18.7 Å². The van der Waals surface area contributed by atoms with Crippen molar-refractivity contribution >= 4 is 18.0 Å². The SMILES string of the molecule is CC[C@H](NC(=O)C(CC(F)F)NC(=O)OCC1c2ccccc2-c2ccccc21)C(=O)O. The van der Waals surface area contributed by atoms with Crippen LogP contribution in [0, 0.1) is 0 Å². The third-order valence-electron chi connectivity index (χ3n) is 5.39. The number of aliphatic carboxylic acids is 1. The Morgan fingerprint density at radius 3 is 2.03 bits per heavy atom. The number of hydrogen-bond donors (Lipinski definition) is 3. The van der Waals surface area contributed by atoms with Gasteiger partial charge in [-0.1, -0.05) is 55.5 Å². The number of amides is 2. The average Bonchev–Trinajstić information content (AvgIpc) is 3.08. The predicted octanol–water partition coefficient (Wildman–Crippen LogP) is 3.53. The van der Waals surface area contributed by atoms with Gasteiger partial charge >= 0.3 is 12.1 Å². The summed E-state index contributed by atoms with van der Waals surface area (Å²) in [6.07, 6.45) is -4.82. The fourth-order valence-electron chi connectivity index (χ4n) is 3.80. The number of benzene rings is 2. The lowest BCUT2D eigenvalue weighted by atomic mass is 9.98. The van der Waals surface area contributed by atoms with E-state index in [4.69, 9.17) is 9.84 Å². The van der Waals surface area contributed by atoms with Gasteiger partial charge in [0.2, 0.25) is 12.3 Å². The van der Waals surface area contributed by atoms with Crippen molar-refractivity contribution in [1.82, 2.24) is 10.6 Å². The van der Waals surface area contributed by atoms with Gasteiger partial charge in [0, 0.05) is 12.3 Å². The van der Waals surface area contributed by atoms with Crippen molar-refractivity contribution in [2.24, 2.45) is 0 Å². The summed E-state index contributed by atoms with van der Waals surface area (Å²) in [6, 6.07) is 12.6. The fraction of sp³-hybridized carbons (Fsp3) is 0.348. The first-order valence-corrected chi connectivity index (χ1v) is 10.2. The van der Waals surface area contributed by atoms with Gasteiger partial charge in [-0.3, -0.25) is 4.79 Å². The Morgan fingerprint density at radius 1 is 0.969 bits per heavy atom. The first-order valence-electron chi connectivity index (χ1n) is 10.2. The van der Waals surface area contributed by atoms with Gasteiger partial charge in [0.25, 0.3) is 0 Å². The van der Waals surface area contributed by atoms with Crippen molar-refractivity contribution in [2.75, 3.05) is 6.61 Å². The van der Waals surface area contributed by atoms with Gasteiger partial charge in [-0.25, -0.2) is 18.4 Å². The highest BCUT2D eigenvalue weighted by Crippen LogP contribution is 2.44. The standard InChI is InChI=1S/C23H24F2N2O5/c1-2-18(22(29)30)26-21(28)19(11-20(24)25)27-23(31)32-12-17-15-9-5-3-7-13(15)14-8-4-6-10-16(14)17/h3-10,17-20H,2,11-12H2,1H3,(H,26,28)(H,27,31)(H,29,30)/t18-,19?/m0/s1. The second-order valence-electron chi connectivity index (χ2n) is 7.46. The molecule has 3 rings (SSSR count). The van der Waals surface area contributed by atoms with Crippen LogP contribution < -0.4 is 10.6 Å². The van der Waals surface area contributed by atoms with Crippen molar-refractivity contribution in [2.45, 2.75) is 44.2 Å². The number of carbonyl (C=O) groups is 3. The van der Waals surface area contributed by atoms with Crippen LogP contribution in [0.3, 0.4) is 0 Å². The maximum atomic E-state index is 12.9. The molecule has 170 valence electrons. The molecule has 0 heterocycles. The molecule has 0 spiro atoms. The van der Waals surface area contributed by atoms with Crippen LogP contribution in [0.1, 0.15) is 36.8 Å². The number of alkyl carbamates (subject to hydrolysis) is 1. The Labute approximate surface area is 183 Å². The van der Waals surface area contributed by atoms with Crippen LogP contribution in [0.2, 0.25) is 0 Å². The van der Waals surface area contributed by atoms with E-state index in [2.05, 4.69) is 10.6 Å². The van der Waals surface area contributed by atoms with Crippen molar-refractivity contribution in [3.05, 3.63) is 59.7 Å². The number of halogens is 2. The van der Waals surface area contributed by atoms with Gasteiger partial charge < -0.3 is 20.5 Å². The van der Waals surface area contributed by atoms with Crippen LogP contribution in [0.5, 0.6) is 0 Å². The Kier molecular flexibility index (Phi) is 7.40. The number of nitrogens with one attached hydrogen (secondary N) is 2. The number of carbonyl (C=O) groups excluding carboxylic acids is 2. The van der Waals surface area contributed by atoms with E-state index in [0.29, 0.717) is 0 Å². The number of alkyl halides is 2. The molecule has 0 radical (unpaired) electrons. The molecule has 2 aromatic rings. The summed E-state index contributed by atoms with van der Waals surface area (Å²) in [5.41, 5.74) is 4.03. The average molecular weight is 446 g/mol. The summed E-state index contributed by atoms with van der Waals surface area (Å²) in [7, 11) is 0. The molecule has 1 unspecified atom stereocenters. The lowest BCUT2D eigenvalue weighted by molar-refractivity contribution is -0.142. The van der Waals surface area contributed by atoms with Crippen molar-refractivity contribution < 1.29 is 33.0 Å². The molecular weight excluding hydrogens is 422 g/mol. The molecule has 0 fully saturated rings. The molecule has 3 N–H and O–H groups in total. The molecule has 0 aromatic heterocycles. The molecule has 0 bridgehead atoms. The molecule has 0 saturated heterocycles. The number of carboxylic acids is 1. The second kappa shape index (κ2) is 10.2. The Morgan fingerprint density at radius 2 is 1.53 bits per heavy atom. The van der Waals surface area contributed by atoms with E-state index < -0.39 is 42.9 Å². The van der Waals surface area contributed by atoms with Gasteiger partial charge in [0.05, 0.1) is 0 Å². The summed E-state index contributed by atoms with van der Waals surface area (Å²) in [5, 5.41) is 13.4. The van der Waals surface area contributed by atoms with Crippen LogP contribution in [0.25, 0.3) is 11.1 Å². The van der Waals surface area contributed by atoms with E-state index in [1.165, 1.54) is 6.92 Å². The monoisotopic (exact) mass is 446 g/mol. The highest BCUT2D eigenvalue weighted by atomic mass is 19.3. The quantitative estimate of drug-likeness (QED) is 0.547. The van der Waals surface area contributed by atoms with Crippen LogP contribution in [-0.4, -0.2) is 48.2 Å². The predicted molar refractivity (Wildman–Crippen MR) is 112 cm³/mol. The fourth-order valence-corrected chi connectivity index (χ4v) is 3.80. The molecule has 32 heavy (non-hydrogen) atoms. The van der Waals surface area contributed by atoms with Crippen LogP contribution >= 0.6 is 0 Å². The van der Waals surface area contributed by atoms with Gasteiger partial charge in [-0.15, -0.1) is 0 Å². The summed E-state index contributed by atoms with van der Waals surface area (Å²) >= 11 is 0. The molecule has 2 amide bonds. The zero-order valence-corrected chi connectivity index (χ0v) is 17.4. The summed E-state index contributed by atoms with van der Waals surface area (Å²) < 4.78 is 31.2. The normalized spacial score (nSPS) is 14.2. The summed E-state index contributed by atoms with van der Waals surface area (Å²) in [4.78, 5) is 35.7. The topological polar surface area (TPSA) is 105 Å². The molecule has 2 atom stereocenters. The minimum absolute atomic E-state index is 0.0460. The summed E-state index contributed by atoms with van der Waals surface area (Å²) in [5.74, 6) is -2.53. The largest absolute Gasteiger partial charge is 0.480 e. The van der Waals surface area contributed by atoms with E-state index in [9.17, 15) is 23.2 Å². The lowest BCUT2D eigenvalue weighted by Gasteiger charge is -2.21. The third kappa shape index (κ3) is 5.22. The Bertz CT molecular complexity index is 952. The number of carboxylic acid groups (broad SMARTS) is 1. The number of fused-ring (bicyclic) bond motifs is 3. The lowest BCUT2D eigenvalue weighted by Crippen LogP contribution is -2.52. The maximum absolute atomic E-state index is 12.9. The molecule has 1 aliphatic carbocycles. The first kappa shape index (κ1) is 23.2. The Balaban J connectivity index is 1.67. The van der Waals surface area contributed by atoms with Crippen LogP contribution in [0.15, 0.2) is 48.5 Å². The van der Waals surface area contributed by atoms with Crippen molar-refractivity contribution in [3.8, 4) is 11.1 Å². The molecule has 0 aliphatic heterocycles. The molecule has 2 aromatic carbocycles. The number of rotatable bonds is 9. The highest BCUT2D eigenvalue weighted by Gasteiger charge is 2.31. The van der Waals surface area contributed by atoms with E-state index in [0.717, 1.165) is 22.3 Å². The minimum atomic E-state index is -2.88.